The molecule has 0 aromatic carbocycles. The number of rotatable bonds is 3. The highest BCUT2D eigenvalue weighted by molar-refractivity contribution is 5.94. The molecule has 0 N–H and O–H groups in total. The van der Waals surface area contributed by atoms with E-state index in [1.807, 2.05) is 13.8 Å². The predicted octanol–water partition coefficient (Wildman–Crippen LogP) is 4.29. The second kappa shape index (κ2) is 4.99. The molecule has 16 heavy (non-hydrogen) atoms. The van der Waals surface area contributed by atoms with Gasteiger partial charge in [-0.25, -0.2) is 0 Å². The maximum Gasteiger partial charge on any atom is 0.158 e. The van der Waals surface area contributed by atoms with Gasteiger partial charge in [-0.2, -0.15) is 0 Å². The smallest absolute Gasteiger partial charge is 0.158 e. The zero-order chi connectivity index (χ0) is 12.3. The third-order valence-electron chi connectivity index (χ3n) is 3.77. The summed E-state index contributed by atoms with van der Waals surface area (Å²) in [7, 11) is 0. The molecule has 0 saturated carbocycles. The highest BCUT2D eigenvalue weighted by atomic mass is 16.1. The summed E-state index contributed by atoms with van der Waals surface area (Å²) in [5, 5.41) is 0. The minimum Gasteiger partial charge on any atom is -0.295 e. The third-order valence-corrected chi connectivity index (χ3v) is 3.77. The summed E-state index contributed by atoms with van der Waals surface area (Å²) in [6, 6.07) is 0. The van der Waals surface area contributed by atoms with Crippen molar-refractivity contribution in [3.8, 4) is 0 Å². The topological polar surface area (TPSA) is 17.1 Å². The molecule has 0 amide bonds. The summed E-state index contributed by atoms with van der Waals surface area (Å²) in [5.41, 5.74) is 2.63. The zero-order valence-corrected chi connectivity index (χ0v) is 11.3. The maximum atomic E-state index is 11.6. The van der Waals surface area contributed by atoms with Crippen LogP contribution in [0.25, 0.3) is 0 Å². The molecule has 0 saturated heterocycles. The first-order valence-electron chi connectivity index (χ1n) is 6.26. The molecule has 0 fully saturated rings. The fraction of sp³-hybridized carbons (Fsp3) is 0.667. The van der Waals surface area contributed by atoms with Crippen LogP contribution in [0.15, 0.2) is 23.3 Å². The van der Waals surface area contributed by atoms with Gasteiger partial charge in [-0.15, -0.1) is 0 Å². The lowest BCUT2D eigenvalue weighted by Crippen LogP contribution is -2.27. The molecule has 0 aromatic heterocycles. The van der Waals surface area contributed by atoms with E-state index in [0.717, 1.165) is 5.57 Å². The zero-order valence-electron chi connectivity index (χ0n) is 11.3. The Bertz CT molecular complexity index is 331. The standard InChI is InChI=1S/C15H24O/c1-6-14(16)12(3)10-13-11(2)8-7-9-15(13,4)5/h8,10,13H,6-7,9H2,1-5H3/b12-10+. The van der Waals surface area contributed by atoms with Crippen LogP contribution in [0.2, 0.25) is 0 Å². The van der Waals surface area contributed by atoms with Crippen molar-refractivity contribution in [1.82, 2.24) is 0 Å². The minimum absolute atomic E-state index is 0.272. The van der Waals surface area contributed by atoms with Crippen LogP contribution in [0.4, 0.5) is 0 Å². The average molecular weight is 220 g/mol. The molecular weight excluding hydrogens is 196 g/mol. The van der Waals surface area contributed by atoms with Crippen LogP contribution >= 0.6 is 0 Å². The van der Waals surface area contributed by atoms with Crippen molar-refractivity contribution >= 4 is 5.78 Å². The van der Waals surface area contributed by atoms with Gasteiger partial charge in [0.1, 0.15) is 0 Å². The molecule has 1 aliphatic carbocycles. The van der Waals surface area contributed by atoms with Crippen LogP contribution in [-0.2, 0) is 4.79 Å². The number of allylic oxidation sites excluding steroid dienone is 4. The van der Waals surface area contributed by atoms with E-state index in [1.165, 1.54) is 18.4 Å². The highest BCUT2D eigenvalue weighted by Crippen LogP contribution is 2.42. The average Bonchev–Trinajstić information content (AvgIpc) is 2.21. The Labute approximate surface area is 99.6 Å². The van der Waals surface area contributed by atoms with Gasteiger partial charge in [-0.1, -0.05) is 38.5 Å². The molecule has 0 aromatic rings. The van der Waals surface area contributed by atoms with Crippen molar-refractivity contribution in [2.45, 2.75) is 53.9 Å². The number of carbonyl (C=O) groups is 1. The number of Topliss-reactive ketones (excluding diaryl/α,β-unsaturated/α-hetero) is 1. The number of carbonyl (C=O) groups excluding carboxylic acids is 1. The van der Waals surface area contributed by atoms with Crippen molar-refractivity contribution in [2.24, 2.45) is 11.3 Å². The number of ketones is 1. The van der Waals surface area contributed by atoms with E-state index in [2.05, 4.69) is 32.9 Å². The van der Waals surface area contributed by atoms with Gasteiger partial charge < -0.3 is 0 Å². The Kier molecular flexibility index (Phi) is 4.12. The van der Waals surface area contributed by atoms with Crippen LogP contribution in [0.1, 0.15) is 53.9 Å². The van der Waals surface area contributed by atoms with Crippen molar-refractivity contribution in [3.05, 3.63) is 23.3 Å². The van der Waals surface area contributed by atoms with Crippen molar-refractivity contribution < 1.29 is 4.79 Å². The van der Waals surface area contributed by atoms with Gasteiger partial charge >= 0.3 is 0 Å². The van der Waals surface area contributed by atoms with Gasteiger partial charge in [0.2, 0.25) is 0 Å². The molecule has 0 bridgehead atoms. The molecule has 1 unspecified atom stereocenters. The maximum absolute atomic E-state index is 11.6. The van der Waals surface area contributed by atoms with Gasteiger partial charge in [0.05, 0.1) is 0 Å². The van der Waals surface area contributed by atoms with Crippen molar-refractivity contribution in [3.63, 3.8) is 0 Å². The molecule has 1 aliphatic rings. The molecule has 0 heterocycles. The van der Waals surface area contributed by atoms with Crippen LogP contribution in [0.5, 0.6) is 0 Å². The van der Waals surface area contributed by atoms with E-state index in [0.29, 0.717) is 12.3 Å². The quantitative estimate of drug-likeness (QED) is 0.512. The van der Waals surface area contributed by atoms with Gasteiger partial charge in [0.25, 0.3) is 0 Å². The first kappa shape index (κ1) is 13.2. The van der Waals surface area contributed by atoms with Gasteiger partial charge in [0.15, 0.2) is 5.78 Å². The fourth-order valence-corrected chi connectivity index (χ4v) is 2.55. The summed E-state index contributed by atoms with van der Waals surface area (Å²) < 4.78 is 0. The van der Waals surface area contributed by atoms with E-state index >= 15 is 0 Å². The van der Waals surface area contributed by atoms with Gasteiger partial charge in [-0.05, 0) is 37.7 Å². The number of hydrogen-bond donors (Lipinski definition) is 0. The molecule has 1 atom stereocenters. The van der Waals surface area contributed by atoms with Crippen LogP contribution in [-0.4, -0.2) is 5.78 Å². The summed E-state index contributed by atoms with van der Waals surface area (Å²) >= 11 is 0. The Balaban J connectivity index is 2.97. The largest absolute Gasteiger partial charge is 0.295 e. The Morgan fingerprint density at radius 3 is 2.69 bits per heavy atom. The van der Waals surface area contributed by atoms with E-state index in [-0.39, 0.29) is 11.2 Å². The van der Waals surface area contributed by atoms with Crippen molar-refractivity contribution in [1.29, 1.82) is 0 Å². The molecule has 1 nitrogen and oxygen atoms in total. The lowest BCUT2D eigenvalue weighted by molar-refractivity contribution is -0.115. The van der Waals surface area contributed by atoms with Crippen LogP contribution in [0.3, 0.4) is 0 Å². The van der Waals surface area contributed by atoms with Gasteiger partial charge in [-0.3, -0.25) is 4.79 Å². The first-order valence-corrected chi connectivity index (χ1v) is 6.26. The normalized spacial score (nSPS) is 25.2. The van der Waals surface area contributed by atoms with E-state index < -0.39 is 0 Å². The lowest BCUT2D eigenvalue weighted by Gasteiger charge is -2.37. The highest BCUT2D eigenvalue weighted by Gasteiger charge is 2.31. The predicted molar refractivity (Wildman–Crippen MR) is 69.3 cm³/mol. The fourth-order valence-electron chi connectivity index (χ4n) is 2.55. The molecule has 90 valence electrons. The summed E-state index contributed by atoms with van der Waals surface area (Å²) in [6.45, 7) is 10.7. The second-order valence-corrected chi connectivity index (χ2v) is 5.58. The van der Waals surface area contributed by atoms with E-state index in [4.69, 9.17) is 0 Å². The van der Waals surface area contributed by atoms with Crippen LogP contribution < -0.4 is 0 Å². The molecular formula is C15H24O. The third kappa shape index (κ3) is 2.84. The molecule has 1 rings (SSSR count). The summed E-state index contributed by atoms with van der Waals surface area (Å²) in [4.78, 5) is 11.6. The Morgan fingerprint density at radius 2 is 2.19 bits per heavy atom. The lowest BCUT2D eigenvalue weighted by atomic mass is 9.68. The van der Waals surface area contributed by atoms with Crippen molar-refractivity contribution in [2.75, 3.05) is 0 Å². The second-order valence-electron chi connectivity index (χ2n) is 5.58. The molecule has 0 spiro atoms. The minimum atomic E-state index is 0.272. The SMILES string of the molecule is CCC(=O)/C(C)=C/C1C(C)=CCCC1(C)C. The molecule has 0 aliphatic heterocycles. The monoisotopic (exact) mass is 220 g/mol. The van der Waals surface area contributed by atoms with Gasteiger partial charge in [0, 0.05) is 12.3 Å². The van der Waals surface area contributed by atoms with E-state index in [9.17, 15) is 4.79 Å². The summed E-state index contributed by atoms with van der Waals surface area (Å²) in [5.74, 6) is 0.700. The van der Waals surface area contributed by atoms with Crippen LogP contribution in [0, 0.1) is 11.3 Å². The molecule has 1 heteroatoms. The summed E-state index contributed by atoms with van der Waals surface area (Å²) in [6.07, 6.45) is 7.48. The first-order chi connectivity index (χ1) is 7.38. The van der Waals surface area contributed by atoms with E-state index in [1.54, 1.807) is 0 Å². The Morgan fingerprint density at radius 1 is 1.56 bits per heavy atom. The Hall–Kier alpha value is -0.850. The number of hydrogen-bond acceptors (Lipinski definition) is 1. The molecule has 0 radical (unpaired) electrons.